The van der Waals surface area contributed by atoms with Gasteiger partial charge in [-0.3, -0.25) is 4.90 Å². The van der Waals surface area contributed by atoms with E-state index in [0.717, 1.165) is 32.6 Å². The molecule has 1 aliphatic rings. The largest absolute Gasteiger partial charge is 0.508 e. The average Bonchev–Trinajstić information content (AvgIpc) is 2.42. The van der Waals surface area contributed by atoms with Crippen molar-refractivity contribution in [3.8, 4) is 17.2 Å². The predicted molar refractivity (Wildman–Crippen MR) is 78.1 cm³/mol. The van der Waals surface area contributed by atoms with Crippen molar-refractivity contribution in [3.63, 3.8) is 0 Å². The van der Waals surface area contributed by atoms with Crippen molar-refractivity contribution < 1.29 is 15.3 Å². The van der Waals surface area contributed by atoms with Crippen LogP contribution in [0.5, 0.6) is 17.2 Å². The van der Waals surface area contributed by atoms with Crippen LogP contribution in [-0.2, 0) is 0 Å². The van der Waals surface area contributed by atoms with Crippen LogP contribution in [0, 0.1) is 5.92 Å². The maximum absolute atomic E-state index is 10.2. The maximum Gasteiger partial charge on any atom is 0.127 e. The molecule has 5 heteroatoms. The molecule has 1 fully saturated rings. The third-order valence-corrected chi connectivity index (χ3v) is 4.14. The molecule has 0 radical (unpaired) electrons. The minimum Gasteiger partial charge on any atom is -0.508 e. The summed E-state index contributed by atoms with van der Waals surface area (Å²) in [4.78, 5) is 2.29. The van der Waals surface area contributed by atoms with Crippen LogP contribution in [0.1, 0.15) is 31.9 Å². The zero-order chi connectivity index (χ0) is 14.7. The lowest BCUT2D eigenvalue weighted by Gasteiger charge is -2.38. The number of benzene rings is 1. The van der Waals surface area contributed by atoms with Gasteiger partial charge in [0.25, 0.3) is 0 Å². The first-order chi connectivity index (χ1) is 9.54. The Morgan fingerprint density at radius 2 is 1.70 bits per heavy atom. The fourth-order valence-corrected chi connectivity index (χ4v) is 2.92. The Morgan fingerprint density at radius 1 is 1.15 bits per heavy atom. The maximum atomic E-state index is 10.2. The van der Waals surface area contributed by atoms with Crippen LogP contribution in [0.4, 0.5) is 0 Å². The topological polar surface area (TPSA) is 76.0 Å². The third kappa shape index (κ3) is 2.99. The van der Waals surface area contributed by atoms with Gasteiger partial charge in [0.1, 0.15) is 17.2 Å². The van der Waals surface area contributed by atoms with Crippen molar-refractivity contribution in [2.75, 3.05) is 26.2 Å². The molecule has 4 N–H and O–H groups in total. The van der Waals surface area contributed by atoms with Gasteiger partial charge < -0.3 is 20.6 Å². The summed E-state index contributed by atoms with van der Waals surface area (Å²) < 4.78 is 0. The lowest BCUT2D eigenvalue weighted by Crippen LogP contribution is -2.46. The van der Waals surface area contributed by atoms with E-state index in [1.807, 2.05) is 0 Å². The van der Waals surface area contributed by atoms with E-state index in [1.54, 1.807) is 0 Å². The highest BCUT2D eigenvalue weighted by Gasteiger charge is 2.31. The van der Waals surface area contributed by atoms with E-state index in [9.17, 15) is 15.3 Å². The predicted octanol–water partition coefficient (Wildman–Crippen LogP) is 1.80. The van der Waals surface area contributed by atoms with Gasteiger partial charge in [0, 0.05) is 44.4 Å². The molecule has 0 aliphatic carbocycles. The number of phenols is 3. The highest BCUT2D eigenvalue weighted by atomic mass is 16.3. The van der Waals surface area contributed by atoms with Crippen molar-refractivity contribution in [1.82, 2.24) is 10.2 Å². The molecule has 0 aromatic heterocycles. The number of hydrogen-bond donors (Lipinski definition) is 4. The molecule has 1 unspecified atom stereocenters. The van der Waals surface area contributed by atoms with E-state index in [0.29, 0.717) is 11.5 Å². The Balaban J connectivity index is 2.40. The van der Waals surface area contributed by atoms with Gasteiger partial charge in [-0.15, -0.1) is 0 Å². The molecular weight excluding hydrogens is 256 g/mol. The van der Waals surface area contributed by atoms with Crippen LogP contribution in [-0.4, -0.2) is 46.4 Å². The first-order valence-corrected chi connectivity index (χ1v) is 7.24. The molecule has 2 rings (SSSR count). The summed E-state index contributed by atoms with van der Waals surface area (Å²) in [6, 6.07) is 2.56. The lowest BCUT2D eigenvalue weighted by molar-refractivity contribution is 0.124. The van der Waals surface area contributed by atoms with E-state index in [2.05, 4.69) is 24.1 Å². The quantitative estimate of drug-likeness (QED) is 0.676. The van der Waals surface area contributed by atoms with Gasteiger partial charge in [-0.05, 0) is 5.92 Å². The van der Waals surface area contributed by atoms with E-state index >= 15 is 0 Å². The molecule has 1 aromatic carbocycles. The fourth-order valence-electron chi connectivity index (χ4n) is 2.92. The Kier molecular flexibility index (Phi) is 4.73. The van der Waals surface area contributed by atoms with Crippen molar-refractivity contribution >= 4 is 0 Å². The second kappa shape index (κ2) is 6.33. The summed E-state index contributed by atoms with van der Waals surface area (Å²) in [5.41, 5.74) is 0.527. The second-order valence-electron chi connectivity index (χ2n) is 5.51. The lowest BCUT2D eigenvalue weighted by atomic mass is 9.89. The monoisotopic (exact) mass is 280 g/mol. The number of nitrogens with one attached hydrogen (secondary N) is 1. The molecular formula is C15H24N2O3. The molecule has 0 amide bonds. The molecule has 0 saturated carbocycles. The molecule has 1 saturated heterocycles. The molecule has 1 aliphatic heterocycles. The normalized spacial score (nSPS) is 19.7. The minimum absolute atomic E-state index is 0.0358. The van der Waals surface area contributed by atoms with E-state index in [4.69, 9.17) is 0 Å². The molecule has 20 heavy (non-hydrogen) atoms. The van der Waals surface area contributed by atoms with Gasteiger partial charge in [-0.1, -0.05) is 20.3 Å². The van der Waals surface area contributed by atoms with Crippen LogP contribution in [0.25, 0.3) is 0 Å². The molecule has 5 nitrogen and oxygen atoms in total. The van der Waals surface area contributed by atoms with Crippen LogP contribution >= 0.6 is 0 Å². The van der Waals surface area contributed by atoms with Crippen molar-refractivity contribution in [2.45, 2.75) is 26.3 Å². The standard InChI is InChI=1S/C15H24N2O3/c1-3-10(2)15(17-6-4-16-5-7-17)14-12(19)8-11(18)9-13(14)20/h8-10,15-16,18-20H,3-7H2,1-2H3/t10?,15-/m1/s1. The zero-order valence-electron chi connectivity index (χ0n) is 12.1. The molecule has 2 atom stereocenters. The van der Waals surface area contributed by atoms with Gasteiger partial charge in [-0.25, -0.2) is 0 Å². The number of piperazine rings is 1. The van der Waals surface area contributed by atoms with Crippen LogP contribution in [0.2, 0.25) is 0 Å². The van der Waals surface area contributed by atoms with Gasteiger partial charge >= 0.3 is 0 Å². The summed E-state index contributed by atoms with van der Waals surface area (Å²) in [7, 11) is 0. The molecule has 0 bridgehead atoms. The number of hydrogen-bond acceptors (Lipinski definition) is 5. The fraction of sp³-hybridized carbons (Fsp3) is 0.600. The van der Waals surface area contributed by atoms with Gasteiger partial charge in [0.2, 0.25) is 0 Å². The highest BCUT2D eigenvalue weighted by molar-refractivity contribution is 5.50. The Labute approximate surface area is 119 Å². The van der Waals surface area contributed by atoms with Crippen molar-refractivity contribution in [3.05, 3.63) is 17.7 Å². The summed E-state index contributed by atoms with van der Waals surface area (Å²) in [6.45, 7) is 7.81. The third-order valence-electron chi connectivity index (χ3n) is 4.14. The van der Waals surface area contributed by atoms with E-state index in [1.165, 1.54) is 12.1 Å². The SMILES string of the molecule is CCC(C)[C@H](c1c(O)cc(O)cc1O)N1CCNCC1. The number of rotatable bonds is 4. The first-order valence-electron chi connectivity index (χ1n) is 7.24. The van der Waals surface area contributed by atoms with Gasteiger partial charge in [0.05, 0.1) is 5.56 Å². The summed E-state index contributed by atoms with van der Waals surface area (Å²) in [5, 5.41) is 33.1. The number of phenolic OH excluding ortho intramolecular Hbond substituents is 3. The molecule has 112 valence electrons. The van der Waals surface area contributed by atoms with Crippen molar-refractivity contribution in [1.29, 1.82) is 0 Å². The van der Waals surface area contributed by atoms with Crippen LogP contribution in [0.3, 0.4) is 0 Å². The summed E-state index contributed by atoms with van der Waals surface area (Å²) in [5.74, 6) is 0.110. The smallest absolute Gasteiger partial charge is 0.127 e. The number of aromatic hydroxyl groups is 3. The van der Waals surface area contributed by atoms with E-state index in [-0.39, 0.29) is 23.3 Å². The van der Waals surface area contributed by atoms with Crippen LogP contribution in [0.15, 0.2) is 12.1 Å². The summed E-state index contributed by atoms with van der Waals surface area (Å²) >= 11 is 0. The first kappa shape index (κ1) is 14.9. The zero-order valence-corrected chi connectivity index (χ0v) is 12.1. The average molecular weight is 280 g/mol. The van der Waals surface area contributed by atoms with Crippen LogP contribution < -0.4 is 5.32 Å². The Hall–Kier alpha value is -1.46. The Bertz CT molecular complexity index is 435. The second-order valence-corrected chi connectivity index (χ2v) is 5.51. The highest BCUT2D eigenvalue weighted by Crippen LogP contribution is 2.43. The van der Waals surface area contributed by atoms with Gasteiger partial charge in [0.15, 0.2) is 0 Å². The number of nitrogens with zero attached hydrogens (tertiary/aromatic N) is 1. The molecule has 0 spiro atoms. The van der Waals surface area contributed by atoms with Crippen molar-refractivity contribution in [2.24, 2.45) is 5.92 Å². The molecule has 1 aromatic rings. The van der Waals surface area contributed by atoms with E-state index < -0.39 is 0 Å². The minimum atomic E-state index is -0.119. The summed E-state index contributed by atoms with van der Waals surface area (Å²) in [6.07, 6.45) is 0.953. The van der Waals surface area contributed by atoms with Gasteiger partial charge in [-0.2, -0.15) is 0 Å². The Morgan fingerprint density at radius 3 is 2.20 bits per heavy atom. The molecule has 1 heterocycles.